The van der Waals surface area contributed by atoms with Crippen molar-refractivity contribution in [1.82, 2.24) is 9.88 Å². The Kier molecular flexibility index (Phi) is 4.96. The van der Waals surface area contributed by atoms with Gasteiger partial charge in [-0.1, -0.05) is 48.9 Å². The lowest BCUT2D eigenvalue weighted by Gasteiger charge is -2.39. The molecule has 3 nitrogen and oxygen atoms in total. The Bertz CT molecular complexity index is 577. The number of pyridine rings is 1. The van der Waals surface area contributed by atoms with Gasteiger partial charge in [-0.15, -0.1) is 0 Å². The first-order valence-electron chi connectivity index (χ1n) is 7.93. The van der Waals surface area contributed by atoms with Gasteiger partial charge in [0.2, 0.25) is 0 Å². The Morgan fingerprint density at radius 3 is 2.36 bits per heavy atom. The molecular formula is C18H22ClN3. The van der Waals surface area contributed by atoms with Crippen LogP contribution in [-0.2, 0) is 0 Å². The maximum atomic E-state index is 5.91. The standard InChI is InChI=1S/C18H22ClN3/c1-2-17(15-6-4-3-5-7-15)21-10-12-22(13-11-21)18-9-8-16(19)14-20-18/h3-9,14,17H,2,10-13H2,1H3. The molecular weight excluding hydrogens is 294 g/mol. The zero-order chi connectivity index (χ0) is 15.4. The van der Waals surface area contributed by atoms with Gasteiger partial charge in [0.05, 0.1) is 5.02 Å². The van der Waals surface area contributed by atoms with Crippen molar-refractivity contribution < 1.29 is 0 Å². The van der Waals surface area contributed by atoms with Crippen molar-refractivity contribution in [2.45, 2.75) is 19.4 Å². The molecule has 1 unspecified atom stereocenters. The van der Waals surface area contributed by atoms with Gasteiger partial charge in [-0.05, 0) is 24.1 Å². The van der Waals surface area contributed by atoms with Crippen LogP contribution in [0.15, 0.2) is 48.7 Å². The number of rotatable bonds is 4. The summed E-state index contributed by atoms with van der Waals surface area (Å²) in [4.78, 5) is 9.35. The lowest BCUT2D eigenvalue weighted by Crippen LogP contribution is -2.47. The van der Waals surface area contributed by atoms with E-state index in [2.05, 4.69) is 52.0 Å². The molecule has 0 bridgehead atoms. The third-order valence-electron chi connectivity index (χ3n) is 4.36. The van der Waals surface area contributed by atoms with Gasteiger partial charge in [-0.2, -0.15) is 0 Å². The zero-order valence-corrected chi connectivity index (χ0v) is 13.7. The first-order valence-corrected chi connectivity index (χ1v) is 8.31. The largest absolute Gasteiger partial charge is 0.354 e. The lowest BCUT2D eigenvalue weighted by molar-refractivity contribution is 0.181. The van der Waals surface area contributed by atoms with Gasteiger partial charge in [0.15, 0.2) is 0 Å². The van der Waals surface area contributed by atoms with Gasteiger partial charge in [0, 0.05) is 38.4 Å². The summed E-state index contributed by atoms with van der Waals surface area (Å²) < 4.78 is 0. The Morgan fingerprint density at radius 2 is 1.77 bits per heavy atom. The number of nitrogens with zero attached hydrogens (tertiary/aromatic N) is 3. The maximum absolute atomic E-state index is 5.91. The van der Waals surface area contributed by atoms with Gasteiger partial charge >= 0.3 is 0 Å². The van der Waals surface area contributed by atoms with Crippen LogP contribution in [0.4, 0.5) is 5.82 Å². The molecule has 1 saturated heterocycles. The van der Waals surface area contributed by atoms with E-state index in [0.29, 0.717) is 11.1 Å². The summed E-state index contributed by atoms with van der Waals surface area (Å²) in [6.07, 6.45) is 2.87. The average Bonchev–Trinajstić information content (AvgIpc) is 2.58. The summed E-state index contributed by atoms with van der Waals surface area (Å²) in [5, 5.41) is 0.692. The molecule has 0 N–H and O–H groups in total. The van der Waals surface area contributed by atoms with Gasteiger partial charge in [-0.25, -0.2) is 4.98 Å². The Morgan fingerprint density at radius 1 is 1.05 bits per heavy atom. The van der Waals surface area contributed by atoms with E-state index in [1.165, 1.54) is 5.56 Å². The van der Waals surface area contributed by atoms with Crippen molar-refractivity contribution >= 4 is 17.4 Å². The van der Waals surface area contributed by atoms with Crippen LogP contribution >= 0.6 is 11.6 Å². The summed E-state index contributed by atoms with van der Waals surface area (Å²) in [6, 6.07) is 15.3. The number of hydrogen-bond donors (Lipinski definition) is 0. The molecule has 1 aromatic carbocycles. The van der Waals surface area contributed by atoms with E-state index in [4.69, 9.17) is 11.6 Å². The smallest absolute Gasteiger partial charge is 0.128 e. The molecule has 1 aliphatic rings. The zero-order valence-electron chi connectivity index (χ0n) is 13.0. The van der Waals surface area contributed by atoms with E-state index in [9.17, 15) is 0 Å². The highest BCUT2D eigenvalue weighted by atomic mass is 35.5. The summed E-state index contributed by atoms with van der Waals surface area (Å²) in [5.41, 5.74) is 1.42. The highest BCUT2D eigenvalue weighted by Crippen LogP contribution is 2.26. The van der Waals surface area contributed by atoms with Crippen LogP contribution in [0.3, 0.4) is 0 Å². The Labute approximate surface area is 137 Å². The van der Waals surface area contributed by atoms with Crippen LogP contribution in [-0.4, -0.2) is 36.1 Å². The summed E-state index contributed by atoms with van der Waals surface area (Å²) in [7, 11) is 0. The minimum Gasteiger partial charge on any atom is -0.354 e. The fraction of sp³-hybridized carbons (Fsp3) is 0.389. The van der Waals surface area contributed by atoms with Crippen LogP contribution in [0.1, 0.15) is 24.9 Å². The van der Waals surface area contributed by atoms with Crippen LogP contribution in [0, 0.1) is 0 Å². The second-order valence-electron chi connectivity index (χ2n) is 5.69. The van der Waals surface area contributed by atoms with E-state index in [1.807, 2.05) is 12.1 Å². The Hall–Kier alpha value is -1.58. The molecule has 0 saturated carbocycles. The average molecular weight is 316 g/mol. The third kappa shape index (κ3) is 3.42. The maximum Gasteiger partial charge on any atom is 0.128 e. The van der Waals surface area contributed by atoms with E-state index < -0.39 is 0 Å². The predicted octanol–water partition coefficient (Wildman–Crippen LogP) is 4.01. The fourth-order valence-electron chi connectivity index (χ4n) is 3.20. The molecule has 1 atom stereocenters. The molecule has 0 radical (unpaired) electrons. The van der Waals surface area contributed by atoms with Crippen molar-refractivity contribution in [1.29, 1.82) is 0 Å². The third-order valence-corrected chi connectivity index (χ3v) is 4.59. The van der Waals surface area contributed by atoms with Gasteiger partial charge < -0.3 is 4.90 Å². The molecule has 0 aliphatic carbocycles. The van der Waals surface area contributed by atoms with Crippen molar-refractivity contribution in [3.05, 3.63) is 59.2 Å². The molecule has 3 rings (SSSR count). The Balaban J connectivity index is 1.64. The second-order valence-corrected chi connectivity index (χ2v) is 6.13. The van der Waals surface area contributed by atoms with E-state index in [0.717, 1.165) is 38.4 Å². The quantitative estimate of drug-likeness (QED) is 0.850. The van der Waals surface area contributed by atoms with Crippen LogP contribution < -0.4 is 4.90 Å². The SMILES string of the molecule is CCC(c1ccccc1)N1CCN(c2ccc(Cl)cn2)CC1. The van der Waals surface area contributed by atoms with Crippen molar-refractivity contribution in [2.75, 3.05) is 31.1 Å². The number of anilines is 1. The first-order chi connectivity index (χ1) is 10.8. The molecule has 22 heavy (non-hydrogen) atoms. The van der Waals surface area contributed by atoms with Crippen LogP contribution in [0.5, 0.6) is 0 Å². The minimum atomic E-state index is 0.515. The van der Waals surface area contributed by atoms with Gasteiger partial charge in [0.25, 0.3) is 0 Å². The van der Waals surface area contributed by atoms with Crippen molar-refractivity contribution in [3.8, 4) is 0 Å². The van der Waals surface area contributed by atoms with Crippen LogP contribution in [0.25, 0.3) is 0 Å². The molecule has 0 spiro atoms. The summed E-state index contributed by atoms with van der Waals surface area (Å²) in [6.45, 7) is 6.43. The number of hydrogen-bond acceptors (Lipinski definition) is 3. The predicted molar refractivity (Wildman–Crippen MR) is 92.5 cm³/mol. The molecule has 1 aliphatic heterocycles. The molecule has 2 heterocycles. The van der Waals surface area contributed by atoms with Gasteiger partial charge in [0.1, 0.15) is 5.82 Å². The number of piperazine rings is 1. The van der Waals surface area contributed by atoms with E-state index in [1.54, 1.807) is 6.20 Å². The highest BCUT2D eigenvalue weighted by molar-refractivity contribution is 6.30. The number of halogens is 1. The molecule has 116 valence electrons. The van der Waals surface area contributed by atoms with Crippen molar-refractivity contribution in [3.63, 3.8) is 0 Å². The van der Waals surface area contributed by atoms with Crippen LogP contribution in [0.2, 0.25) is 5.02 Å². The molecule has 1 aromatic heterocycles. The summed E-state index contributed by atoms with van der Waals surface area (Å²) >= 11 is 5.91. The lowest BCUT2D eigenvalue weighted by atomic mass is 10.0. The van der Waals surface area contributed by atoms with E-state index in [-0.39, 0.29) is 0 Å². The minimum absolute atomic E-state index is 0.515. The fourth-order valence-corrected chi connectivity index (χ4v) is 3.31. The number of benzene rings is 1. The normalized spacial score (nSPS) is 17.5. The summed E-state index contributed by atoms with van der Waals surface area (Å²) in [5.74, 6) is 1.02. The molecule has 2 aromatic rings. The topological polar surface area (TPSA) is 19.4 Å². The second kappa shape index (κ2) is 7.12. The molecule has 4 heteroatoms. The highest BCUT2D eigenvalue weighted by Gasteiger charge is 2.24. The molecule has 1 fully saturated rings. The van der Waals surface area contributed by atoms with E-state index >= 15 is 0 Å². The molecule has 0 amide bonds. The monoisotopic (exact) mass is 315 g/mol. The van der Waals surface area contributed by atoms with Crippen molar-refractivity contribution in [2.24, 2.45) is 0 Å². The first kappa shape index (κ1) is 15.3. The number of aromatic nitrogens is 1. The van der Waals surface area contributed by atoms with Gasteiger partial charge in [-0.3, -0.25) is 4.90 Å².